The highest BCUT2D eigenvalue weighted by atomic mass is 79.9. The summed E-state index contributed by atoms with van der Waals surface area (Å²) >= 11 is 9.54. The molecule has 172 valence electrons. The number of ether oxygens (including phenoxy) is 2. The topological polar surface area (TPSA) is 126 Å². The molecule has 1 aromatic heterocycles. The summed E-state index contributed by atoms with van der Waals surface area (Å²) in [6.07, 6.45) is 0.579. The summed E-state index contributed by atoms with van der Waals surface area (Å²) in [5.74, 6) is -0.577. The van der Waals surface area contributed by atoms with E-state index in [9.17, 15) is 19.7 Å². The monoisotopic (exact) mass is 536 g/mol. The SMILES string of the molecule is CCc1nc2ccc(Br)cc2c(=O)n1N=Cc1cc(Cl)c(O[C@@H](C)C(=O)OC)c([N+](=O)[O-])c1. The van der Waals surface area contributed by atoms with Gasteiger partial charge >= 0.3 is 11.7 Å². The smallest absolute Gasteiger partial charge is 0.346 e. The van der Waals surface area contributed by atoms with Crippen molar-refractivity contribution in [1.82, 2.24) is 9.66 Å². The molecule has 0 bridgehead atoms. The van der Waals surface area contributed by atoms with Crippen molar-refractivity contribution in [2.75, 3.05) is 7.11 Å². The van der Waals surface area contributed by atoms with Crippen LogP contribution in [0.1, 0.15) is 25.2 Å². The van der Waals surface area contributed by atoms with Gasteiger partial charge in [-0.1, -0.05) is 34.5 Å². The van der Waals surface area contributed by atoms with Gasteiger partial charge in [-0.05, 0) is 31.2 Å². The number of carbonyl (C=O) groups excluding carboxylic acids is 1. The number of nitro groups is 1. The molecule has 0 saturated carbocycles. The maximum absolute atomic E-state index is 13.0. The van der Waals surface area contributed by atoms with Crippen molar-refractivity contribution >= 4 is 56.3 Å². The van der Waals surface area contributed by atoms with Gasteiger partial charge in [-0.3, -0.25) is 14.9 Å². The lowest BCUT2D eigenvalue weighted by Crippen LogP contribution is -2.25. The van der Waals surface area contributed by atoms with Gasteiger partial charge in [0.2, 0.25) is 5.75 Å². The maximum atomic E-state index is 13.0. The molecule has 0 N–H and O–H groups in total. The number of esters is 1. The Labute approximate surface area is 201 Å². The highest BCUT2D eigenvalue weighted by Crippen LogP contribution is 2.36. The summed E-state index contributed by atoms with van der Waals surface area (Å²) in [7, 11) is 1.17. The van der Waals surface area contributed by atoms with Crippen molar-refractivity contribution < 1.29 is 19.2 Å². The molecule has 3 aromatic rings. The molecule has 33 heavy (non-hydrogen) atoms. The van der Waals surface area contributed by atoms with Crippen LogP contribution in [0.3, 0.4) is 0 Å². The highest BCUT2D eigenvalue weighted by Gasteiger charge is 2.25. The van der Waals surface area contributed by atoms with Gasteiger partial charge in [0.25, 0.3) is 5.56 Å². The summed E-state index contributed by atoms with van der Waals surface area (Å²) in [5.41, 5.74) is -0.0790. The number of hydrogen-bond acceptors (Lipinski definition) is 8. The van der Waals surface area contributed by atoms with Crippen LogP contribution in [0.4, 0.5) is 5.69 Å². The summed E-state index contributed by atoms with van der Waals surface area (Å²) in [4.78, 5) is 40.0. The third-order valence-corrected chi connectivity index (χ3v) is 5.36. The van der Waals surface area contributed by atoms with E-state index in [4.69, 9.17) is 16.3 Å². The molecule has 0 amide bonds. The number of methoxy groups -OCH3 is 1. The Morgan fingerprint density at radius 2 is 2.12 bits per heavy atom. The van der Waals surface area contributed by atoms with Gasteiger partial charge in [-0.2, -0.15) is 9.78 Å². The van der Waals surface area contributed by atoms with Crippen molar-refractivity contribution in [2.24, 2.45) is 5.10 Å². The number of rotatable bonds is 7. The molecule has 2 aromatic carbocycles. The number of benzene rings is 2. The molecule has 0 unspecified atom stereocenters. The molecule has 0 spiro atoms. The van der Waals surface area contributed by atoms with E-state index in [1.165, 1.54) is 32.4 Å². The Morgan fingerprint density at radius 3 is 2.76 bits per heavy atom. The molecule has 1 heterocycles. The predicted molar refractivity (Wildman–Crippen MR) is 126 cm³/mol. The largest absolute Gasteiger partial charge is 0.471 e. The van der Waals surface area contributed by atoms with E-state index in [1.54, 1.807) is 18.2 Å². The van der Waals surface area contributed by atoms with E-state index in [1.807, 2.05) is 6.92 Å². The summed E-state index contributed by atoms with van der Waals surface area (Å²) < 4.78 is 11.8. The standard InChI is InChI=1S/C21H18BrClN4O6/c1-4-18-25-16-6-5-13(22)9-14(16)20(28)26(18)24-10-12-7-15(23)19(17(8-12)27(30)31)33-11(2)21(29)32-3/h5-11H,4H2,1-3H3/t11-/m0/s1. The Morgan fingerprint density at radius 1 is 1.39 bits per heavy atom. The molecule has 10 nitrogen and oxygen atoms in total. The van der Waals surface area contributed by atoms with Crippen molar-refractivity contribution in [2.45, 2.75) is 26.4 Å². The van der Waals surface area contributed by atoms with Crippen molar-refractivity contribution in [3.63, 3.8) is 0 Å². The zero-order valence-electron chi connectivity index (χ0n) is 17.7. The van der Waals surface area contributed by atoms with Gasteiger partial charge in [-0.15, -0.1) is 0 Å². The zero-order chi connectivity index (χ0) is 24.3. The van der Waals surface area contributed by atoms with Gasteiger partial charge in [0.15, 0.2) is 6.10 Å². The molecule has 3 rings (SSSR count). The van der Waals surface area contributed by atoms with Crippen LogP contribution in [0, 0.1) is 10.1 Å². The van der Waals surface area contributed by atoms with Crippen LogP contribution in [0.25, 0.3) is 10.9 Å². The zero-order valence-corrected chi connectivity index (χ0v) is 20.1. The summed E-state index contributed by atoms with van der Waals surface area (Å²) in [6.45, 7) is 3.21. The van der Waals surface area contributed by atoms with Gasteiger partial charge in [-0.25, -0.2) is 9.78 Å². The molecule has 0 saturated heterocycles. The maximum Gasteiger partial charge on any atom is 0.346 e. The minimum absolute atomic E-state index is 0.106. The average Bonchev–Trinajstić information content (AvgIpc) is 2.79. The van der Waals surface area contributed by atoms with Gasteiger partial charge in [0, 0.05) is 22.5 Å². The molecular weight excluding hydrogens is 520 g/mol. The first-order valence-corrected chi connectivity index (χ1v) is 10.8. The number of fused-ring (bicyclic) bond motifs is 1. The van der Waals surface area contributed by atoms with E-state index in [-0.39, 0.29) is 21.9 Å². The minimum Gasteiger partial charge on any atom is -0.471 e. The fourth-order valence-corrected chi connectivity index (χ4v) is 3.61. The predicted octanol–water partition coefficient (Wildman–Crippen LogP) is 4.11. The summed E-state index contributed by atoms with van der Waals surface area (Å²) in [5, 5.41) is 16.1. The first-order valence-electron chi connectivity index (χ1n) is 9.64. The normalized spacial score (nSPS) is 12.2. The van der Waals surface area contributed by atoms with Crippen molar-refractivity contribution in [1.29, 1.82) is 0 Å². The van der Waals surface area contributed by atoms with E-state index in [0.717, 1.165) is 4.68 Å². The van der Waals surface area contributed by atoms with Crippen LogP contribution in [0.5, 0.6) is 5.75 Å². The van der Waals surface area contributed by atoms with E-state index < -0.39 is 22.7 Å². The number of nitro benzene ring substituents is 1. The van der Waals surface area contributed by atoms with Crippen LogP contribution in [-0.4, -0.2) is 40.0 Å². The van der Waals surface area contributed by atoms with Crippen molar-refractivity contribution in [3.8, 4) is 5.75 Å². The Hall–Kier alpha value is -3.31. The third-order valence-electron chi connectivity index (χ3n) is 4.58. The molecule has 0 aliphatic heterocycles. The quantitative estimate of drug-likeness (QED) is 0.192. The number of aromatic nitrogens is 2. The molecule has 0 aliphatic rings. The lowest BCUT2D eigenvalue weighted by atomic mass is 10.2. The Bertz CT molecular complexity index is 1340. The van der Waals surface area contributed by atoms with Gasteiger partial charge in [0.1, 0.15) is 5.82 Å². The number of hydrogen-bond donors (Lipinski definition) is 0. The van der Waals surface area contributed by atoms with E-state index in [0.29, 0.717) is 27.6 Å². The molecule has 0 radical (unpaired) electrons. The first-order chi connectivity index (χ1) is 15.7. The number of nitrogens with zero attached hydrogens (tertiary/aromatic N) is 4. The Balaban J connectivity index is 2.06. The fraction of sp³-hybridized carbons (Fsp3) is 0.238. The molecule has 12 heteroatoms. The van der Waals surface area contributed by atoms with E-state index in [2.05, 4.69) is 30.8 Å². The lowest BCUT2D eigenvalue weighted by Gasteiger charge is -2.14. The van der Waals surface area contributed by atoms with Gasteiger partial charge in [0.05, 0.1) is 34.2 Å². The third kappa shape index (κ3) is 5.20. The van der Waals surface area contributed by atoms with Crippen LogP contribution in [0.15, 0.2) is 44.7 Å². The second-order valence-corrected chi connectivity index (χ2v) is 8.12. The number of carbonyl (C=O) groups is 1. The Kier molecular flexibility index (Phi) is 7.44. The molecule has 0 aliphatic carbocycles. The number of aryl methyl sites for hydroxylation is 1. The molecule has 0 fully saturated rings. The second-order valence-electron chi connectivity index (χ2n) is 6.80. The van der Waals surface area contributed by atoms with Crippen LogP contribution >= 0.6 is 27.5 Å². The molecule has 1 atom stereocenters. The van der Waals surface area contributed by atoms with E-state index >= 15 is 0 Å². The van der Waals surface area contributed by atoms with Crippen LogP contribution in [0.2, 0.25) is 5.02 Å². The first kappa shape index (κ1) is 24.3. The lowest BCUT2D eigenvalue weighted by molar-refractivity contribution is -0.386. The summed E-state index contributed by atoms with van der Waals surface area (Å²) in [6, 6.07) is 7.71. The highest BCUT2D eigenvalue weighted by molar-refractivity contribution is 9.10. The molecular formula is C21H18BrClN4O6. The van der Waals surface area contributed by atoms with Crippen LogP contribution in [-0.2, 0) is 16.0 Å². The fourth-order valence-electron chi connectivity index (χ4n) is 2.98. The van der Waals surface area contributed by atoms with Gasteiger partial charge < -0.3 is 9.47 Å². The second kappa shape index (κ2) is 10.1. The number of halogens is 2. The van der Waals surface area contributed by atoms with Crippen LogP contribution < -0.4 is 10.3 Å². The minimum atomic E-state index is -1.11. The average molecular weight is 538 g/mol. The van der Waals surface area contributed by atoms with Crippen molar-refractivity contribution in [3.05, 3.63) is 71.7 Å².